The summed E-state index contributed by atoms with van der Waals surface area (Å²) in [6, 6.07) is 18.5. The molecule has 0 amide bonds. The highest BCUT2D eigenvalue weighted by molar-refractivity contribution is 5.78. The van der Waals surface area contributed by atoms with E-state index >= 15 is 0 Å². The van der Waals surface area contributed by atoms with Gasteiger partial charge in [0, 0.05) is 7.11 Å². The maximum Gasteiger partial charge on any atom is 0.0718 e. The Balaban J connectivity index is 1.53. The zero-order valence-electron chi connectivity index (χ0n) is 17.3. The van der Waals surface area contributed by atoms with Crippen LogP contribution in [0.2, 0.25) is 0 Å². The van der Waals surface area contributed by atoms with Crippen LogP contribution < -0.4 is 0 Å². The molecule has 0 heterocycles. The van der Waals surface area contributed by atoms with Crippen LogP contribution >= 0.6 is 0 Å². The summed E-state index contributed by atoms with van der Waals surface area (Å²) in [5.41, 5.74) is 4.37. The van der Waals surface area contributed by atoms with Crippen LogP contribution in [0.5, 0.6) is 0 Å². The van der Waals surface area contributed by atoms with E-state index in [1.165, 1.54) is 0 Å². The highest BCUT2D eigenvalue weighted by atomic mass is 16.6. The van der Waals surface area contributed by atoms with Crippen molar-refractivity contribution in [3.63, 3.8) is 0 Å². The molecule has 2 rings (SSSR count). The number of hydrogen-bond donors (Lipinski definition) is 0. The Hall–Kier alpha value is -2.02. The Morgan fingerprint density at radius 3 is 1.83 bits per heavy atom. The van der Waals surface area contributed by atoms with Gasteiger partial charge in [0.2, 0.25) is 0 Å². The molecule has 5 heteroatoms. The lowest BCUT2D eigenvalue weighted by molar-refractivity contribution is -0.00948. The molecule has 0 unspecified atom stereocenters. The monoisotopic (exact) mass is 400 g/mol. The quantitative estimate of drug-likeness (QED) is 0.399. The van der Waals surface area contributed by atoms with Gasteiger partial charge >= 0.3 is 0 Å². The van der Waals surface area contributed by atoms with Gasteiger partial charge in [-0.15, -0.1) is 0 Å². The van der Waals surface area contributed by atoms with Crippen LogP contribution in [0.25, 0.3) is 5.57 Å². The summed E-state index contributed by atoms with van der Waals surface area (Å²) in [4.78, 5) is 0. The SMILES string of the molecule is C=C(c1ccccc1)c1cccc(COCCOCCOCCOCCOC)c1. The van der Waals surface area contributed by atoms with E-state index in [2.05, 4.69) is 36.9 Å². The fourth-order valence-corrected chi connectivity index (χ4v) is 2.65. The third-order valence-corrected chi connectivity index (χ3v) is 4.21. The fraction of sp³-hybridized carbons (Fsp3) is 0.417. The van der Waals surface area contributed by atoms with E-state index in [4.69, 9.17) is 23.7 Å². The zero-order valence-corrected chi connectivity index (χ0v) is 17.3. The predicted molar refractivity (Wildman–Crippen MR) is 115 cm³/mol. The van der Waals surface area contributed by atoms with Crippen LogP contribution in [0.15, 0.2) is 61.2 Å². The predicted octanol–water partition coefficient (Wildman–Crippen LogP) is 3.96. The molecule has 5 nitrogen and oxygen atoms in total. The number of rotatable bonds is 16. The molecule has 0 saturated carbocycles. The van der Waals surface area contributed by atoms with Crippen LogP contribution in [0, 0.1) is 0 Å². The highest BCUT2D eigenvalue weighted by Crippen LogP contribution is 2.22. The van der Waals surface area contributed by atoms with Crippen molar-refractivity contribution in [3.05, 3.63) is 77.9 Å². The normalized spacial score (nSPS) is 10.9. The molecular formula is C24H32O5. The van der Waals surface area contributed by atoms with Gasteiger partial charge in [0.1, 0.15) is 0 Å². The van der Waals surface area contributed by atoms with E-state index in [0.717, 1.165) is 22.3 Å². The first-order chi connectivity index (χ1) is 14.3. The molecule has 0 atom stereocenters. The molecule has 0 aliphatic rings. The standard InChI is InChI=1S/C24H32O5/c1-21(23-8-4-3-5-9-23)24-10-6-7-22(19-24)20-29-18-17-28-16-15-27-14-13-26-12-11-25-2/h3-10,19H,1,11-18,20H2,2H3. The first-order valence-electron chi connectivity index (χ1n) is 9.95. The Bertz CT molecular complexity index is 687. The lowest BCUT2D eigenvalue weighted by atomic mass is 9.98. The van der Waals surface area contributed by atoms with Crippen LogP contribution in [0.3, 0.4) is 0 Å². The Morgan fingerprint density at radius 1 is 0.655 bits per heavy atom. The van der Waals surface area contributed by atoms with E-state index in [1.54, 1.807) is 7.11 Å². The van der Waals surface area contributed by atoms with Crippen molar-refractivity contribution in [3.8, 4) is 0 Å². The molecule has 0 radical (unpaired) electrons. The fourth-order valence-electron chi connectivity index (χ4n) is 2.65. The minimum atomic E-state index is 0.546. The molecule has 0 aromatic heterocycles. The van der Waals surface area contributed by atoms with Gasteiger partial charge in [-0.25, -0.2) is 0 Å². The third kappa shape index (κ3) is 9.83. The second-order valence-corrected chi connectivity index (χ2v) is 6.43. The van der Waals surface area contributed by atoms with Gasteiger partial charge in [-0.05, 0) is 28.3 Å². The van der Waals surface area contributed by atoms with Gasteiger partial charge in [0.15, 0.2) is 0 Å². The van der Waals surface area contributed by atoms with Crippen molar-refractivity contribution in [2.24, 2.45) is 0 Å². The minimum Gasteiger partial charge on any atom is -0.382 e. The number of ether oxygens (including phenoxy) is 5. The number of benzene rings is 2. The molecule has 29 heavy (non-hydrogen) atoms. The minimum absolute atomic E-state index is 0.546. The third-order valence-electron chi connectivity index (χ3n) is 4.21. The van der Waals surface area contributed by atoms with Crippen molar-refractivity contribution in [2.75, 3.05) is 60.0 Å². The largest absolute Gasteiger partial charge is 0.382 e. The maximum atomic E-state index is 5.72. The summed E-state index contributed by atoms with van der Waals surface area (Å²) in [7, 11) is 1.65. The zero-order chi connectivity index (χ0) is 20.6. The summed E-state index contributed by atoms with van der Waals surface area (Å²) in [5, 5.41) is 0. The van der Waals surface area contributed by atoms with Crippen LogP contribution in [0.4, 0.5) is 0 Å². The van der Waals surface area contributed by atoms with Gasteiger partial charge in [-0.3, -0.25) is 0 Å². The Kier molecular flexibility index (Phi) is 12.0. The summed E-state index contributed by atoms with van der Waals surface area (Å²) in [5.74, 6) is 0. The molecule has 0 N–H and O–H groups in total. The lowest BCUT2D eigenvalue weighted by Gasteiger charge is -2.10. The number of methoxy groups -OCH3 is 1. The molecular weight excluding hydrogens is 368 g/mol. The maximum absolute atomic E-state index is 5.72. The highest BCUT2D eigenvalue weighted by Gasteiger charge is 2.03. The average Bonchev–Trinajstić information content (AvgIpc) is 2.77. The topological polar surface area (TPSA) is 46.2 Å². The molecule has 0 fully saturated rings. The average molecular weight is 401 g/mol. The summed E-state index contributed by atoms with van der Waals surface area (Å²) < 4.78 is 26.9. The summed E-state index contributed by atoms with van der Waals surface area (Å²) in [6.07, 6.45) is 0. The Morgan fingerprint density at radius 2 is 1.21 bits per heavy atom. The van der Waals surface area contributed by atoms with E-state index in [9.17, 15) is 0 Å². The molecule has 0 bridgehead atoms. The smallest absolute Gasteiger partial charge is 0.0718 e. The van der Waals surface area contributed by atoms with E-state index in [-0.39, 0.29) is 0 Å². The van der Waals surface area contributed by atoms with Gasteiger partial charge in [-0.1, -0.05) is 55.1 Å². The van der Waals surface area contributed by atoms with Crippen molar-refractivity contribution in [1.82, 2.24) is 0 Å². The first-order valence-corrected chi connectivity index (χ1v) is 9.95. The van der Waals surface area contributed by atoms with Gasteiger partial charge in [0.05, 0.1) is 59.5 Å². The molecule has 0 aliphatic heterocycles. The second-order valence-electron chi connectivity index (χ2n) is 6.43. The molecule has 2 aromatic carbocycles. The van der Waals surface area contributed by atoms with Gasteiger partial charge < -0.3 is 23.7 Å². The van der Waals surface area contributed by atoms with Crippen molar-refractivity contribution in [1.29, 1.82) is 0 Å². The van der Waals surface area contributed by atoms with Crippen LogP contribution in [0.1, 0.15) is 16.7 Å². The van der Waals surface area contributed by atoms with Crippen LogP contribution in [-0.4, -0.2) is 60.0 Å². The number of hydrogen-bond acceptors (Lipinski definition) is 5. The summed E-state index contributed by atoms with van der Waals surface area (Å²) in [6.45, 7) is 9.30. The molecule has 0 spiro atoms. The Labute approximate surface area is 174 Å². The molecule has 158 valence electrons. The first kappa shape index (κ1) is 23.3. The molecule has 2 aromatic rings. The second kappa shape index (κ2) is 14.9. The lowest BCUT2D eigenvalue weighted by Crippen LogP contribution is -2.12. The molecule has 0 saturated heterocycles. The van der Waals surface area contributed by atoms with Crippen molar-refractivity contribution in [2.45, 2.75) is 6.61 Å². The van der Waals surface area contributed by atoms with Crippen molar-refractivity contribution < 1.29 is 23.7 Å². The van der Waals surface area contributed by atoms with Gasteiger partial charge in [0.25, 0.3) is 0 Å². The van der Waals surface area contributed by atoms with E-state index in [1.807, 2.05) is 24.3 Å². The van der Waals surface area contributed by atoms with Crippen molar-refractivity contribution >= 4 is 5.57 Å². The van der Waals surface area contributed by atoms with E-state index < -0.39 is 0 Å². The summed E-state index contributed by atoms with van der Waals surface area (Å²) >= 11 is 0. The van der Waals surface area contributed by atoms with E-state index in [0.29, 0.717) is 59.5 Å². The van der Waals surface area contributed by atoms with Gasteiger partial charge in [-0.2, -0.15) is 0 Å². The van der Waals surface area contributed by atoms with Crippen LogP contribution in [-0.2, 0) is 30.3 Å². The molecule has 0 aliphatic carbocycles.